The molecule has 1 amide bonds. The normalized spacial score (nSPS) is 12.4. The molecule has 1 aromatic heterocycles. The molecule has 0 aliphatic carbocycles. The Morgan fingerprint density at radius 2 is 2.38 bits per heavy atom. The van der Waals surface area contributed by atoms with E-state index in [0.29, 0.717) is 6.54 Å². The first kappa shape index (κ1) is 12.7. The van der Waals surface area contributed by atoms with Gasteiger partial charge in [0.05, 0.1) is 12.2 Å². The fraction of sp³-hybridized carbons (Fsp3) is 0.667. The van der Waals surface area contributed by atoms with Crippen molar-refractivity contribution in [3.05, 3.63) is 18.0 Å². The summed E-state index contributed by atoms with van der Waals surface area (Å²) in [5, 5.41) is 9.60. The van der Waals surface area contributed by atoms with Crippen LogP contribution in [0, 0.1) is 5.92 Å². The molecule has 4 nitrogen and oxygen atoms in total. The lowest BCUT2D eigenvalue weighted by Crippen LogP contribution is -2.30. The Morgan fingerprint density at radius 3 is 2.94 bits per heavy atom. The third-order valence-corrected chi connectivity index (χ3v) is 2.78. The lowest BCUT2D eigenvalue weighted by Gasteiger charge is -2.13. The molecule has 0 bridgehead atoms. The number of carbonyl (C=O) groups excluding carboxylic acids is 1. The predicted molar refractivity (Wildman–Crippen MR) is 63.7 cm³/mol. The molecule has 1 aromatic rings. The lowest BCUT2D eigenvalue weighted by molar-refractivity contribution is -0.125. The number of H-pyrrole nitrogens is 1. The first-order valence-corrected chi connectivity index (χ1v) is 6.03. The van der Waals surface area contributed by atoms with Crippen LogP contribution in [0.2, 0.25) is 0 Å². The molecule has 1 unspecified atom stereocenters. The maximum Gasteiger partial charge on any atom is 0.223 e. The number of aromatic amines is 1. The Balaban J connectivity index is 2.31. The maximum absolute atomic E-state index is 11.8. The SMILES string of the molecule is CCCCC(CC)C(=O)NCc1ccn[nH]1. The summed E-state index contributed by atoms with van der Waals surface area (Å²) in [4.78, 5) is 11.8. The van der Waals surface area contributed by atoms with Gasteiger partial charge in [-0.05, 0) is 18.9 Å². The fourth-order valence-corrected chi connectivity index (χ4v) is 1.68. The van der Waals surface area contributed by atoms with Crippen molar-refractivity contribution in [2.75, 3.05) is 0 Å². The van der Waals surface area contributed by atoms with Gasteiger partial charge in [-0.2, -0.15) is 5.10 Å². The van der Waals surface area contributed by atoms with E-state index in [9.17, 15) is 4.79 Å². The van der Waals surface area contributed by atoms with Crippen molar-refractivity contribution >= 4 is 5.91 Å². The monoisotopic (exact) mass is 223 g/mol. The fourth-order valence-electron chi connectivity index (χ4n) is 1.68. The van der Waals surface area contributed by atoms with Crippen LogP contribution in [0.15, 0.2) is 12.3 Å². The van der Waals surface area contributed by atoms with E-state index in [-0.39, 0.29) is 11.8 Å². The molecule has 0 spiro atoms. The molecule has 1 heterocycles. The highest BCUT2D eigenvalue weighted by atomic mass is 16.1. The number of carbonyl (C=O) groups is 1. The molecule has 0 saturated heterocycles. The van der Waals surface area contributed by atoms with E-state index in [1.54, 1.807) is 6.20 Å². The van der Waals surface area contributed by atoms with Gasteiger partial charge in [0.25, 0.3) is 0 Å². The second-order valence-electron chi connectivity index (χ2n) is 4.05. The molecule has 1 rings (SSSR count). The predicted octanol–water partition coefficient (Wildman–Crippen LogP) is 2.24. The van der Waals surface area contributed by atoms with Crippen LogP contribution in [0.3, 0.4) is 0 Å². The Labute approximate surface area is 96.8 Å². The van der Waals surface area contributed by atoms with Crippen LogP contribution < -0.4 is 5.32 Å². The van der Waals surface area contributed by atoms with Crippen LogP contribution in [-0.2, 0) is 11.3 Å². The van der Waals surface area contributed by atoms with Gasteiger partial charge in [-0.15, -0.1) is 0 Å². The first-order valence-electron chi connectivity index (χ1n) is 6.03. The van der Waals surface area contributed by atoms with Gasteiger partial charge in [0.1, 0.15) is 0 Å². The van der Waals surface area contributed by atoms with Crippen molar-refractivity contribution in [2.24, 2.45) is 5.92 Å². The summed E-state index contributed by atoms with van der Waals surface area (Å²) in [7, 11) is 0. The average Bonchev–Trinajstić information content (AvgIpc) is 2.80. The zero-order chi connectivity index (χ0) is 11.8. The summed E-state index contributed by atoms with van der Waals surface area (Å²) < 4.78 is 0. The molecule has 4 heteroatoms. The largest absolute Gasteiger partial charge is 0.350 e. The van der Waals surface area contributed by atoms with E-state index in [1.807, 2.05) is 6.07 Å². The average molecular weight is 223 g/mol. The Bertz CT molecular complexity index is 295. The summed E-state index contributed by atoms with van der Waals surface area (Å²) >= 11 is 0. The van der Waals surface area contributed by atoms with Crippen LogP contribution in [0.25, 0.3) is 0 Å². The van der Waals surface area contributed by atoms with E-state index in [1.165, 1.54) is 0 Å². The minimum atomic E-state index is 0.155. The number of nitrogens with zero attached hydrogens (tertiary/aromatic N) is 1. The summed E-state index contributed by atoms with van der Waals surface area (Å²) in [5.41, 5.74) is 0.943. The van der Waals surface area contributed by atoms with Crippen molar-refractivity contribution < 1.29 is 4.79 Å². The standard InChI is InChI=1S/C12H21N3O/c1-3-5-6-10(4-2)12(16)13-9-11-7-8-14-15-11/h7-8,10H,3-6,9H2,1-2H3,(H,13,16)(H,14,15). The van der Waals surface area contributed by atoms with Crippen LogP contribution >= 0.6 is 0 Å². The third kappa shape index (κ3) is 4.04. The summed E-state index contributed by atoms with van der Waals surface area (Å²) in [5.74, 6) is 0.313. The molecule has 1 atom stereocenters. The maximum atomic E-state index is 11.8. The quantitative estimate of drug-likeness (QED) is 0.744. The van der Waals surface area contributed by atoms with Gasteiger partial charge >= 0.3 is 0 Å². The van der Waals surface area contributed by atoms with Crippen LogP contribution in [0.4, 0.5) is 0 Å². The third-order valence-electron chi connectivity index (χ3n) is 2.78. The number of nitrogens with one attached hydrogen (secondary N) is 2. The molecular formula is C12H21N3O. The molecule has 0 saturated carbocycles. The number of amides is 1. The van der Waals surface area contributed by atoms with Gasteiger partial charge in [-0.3, -0.25) is 9.89 Å². The zero-order valence-electron chi connectivity index (χ0n) is 10.1. The molecule has 16 heavy (non-hydrogen) atoms. The second-order valence-corrected chi connectivity index (χ2v) is 4.05. The van der Waals surface area contributed by atoms with E-state index < -0.39 is 0 Å². The van der Waals surface area contributed by atoms with Crippen LogP contribution in [0.5, 0.6) is 0 Å². The molecule has 0 aliphatic rings. The molecule has 0 radical (unpaired) electrons. The van der Waals surface area contributed by atoms with Crippen molar-refractivity contribution in [3.8, 4) is 0 Å². The summed E-state index contributed by atoms with van der Waals surface area (Å²) in [6.45, 7) is 4.76. The van der Waals surface area contributed by atoms with Crippen molar-refractivity contribution in [3.63, 3.8) is 0 Å². The lowest BCUT2D eigenvalue weighted by atomic mass is 9.98. The van der Waals surface area contributed by atoms with E-state index in [0.717, 1.165) is 31.4 Å². The van der Waals surface area contributed by atoms with Crippen molar-refractivity contribution in [2.45, 2.75) is 46.1 Å². The molecule has 0 fully saturated rings. The van der Waals surface area contributed by atoms with Gasteiger partial charge in [0, 0.05) is 12.1 Å². The Morgan fingerprint density at radius 1 is 1.56 bits per heavy atom. The Kier molecular flexibility index (Phi) is 5.61. The summed E-state index contributed by atoms with van der Waals surface area (Å²) in [6.07, 6.45) is 5.85. The number of aromatic nitrogens is 2. The number of hydrogen-bond donors (Lipinski definition) is 2. The zero-order valence-corrected chi connectivity index (χ0v) is 10.1. The van der Waals surface area contributed by atoms with Crippen molar-refractivity contribution in [1.29, 1.82) is 0 Å². The molecule has 2 N–H and O–H groups in total. The van der Waals surface area contributed by atoms with E-state index in [2.05, 4.69) is 29.4 Å². The van der Waals surface area contributed by atoms with Crippen LogP contribution in [-0.4, -0.2) is 16.1 Å². The number of hydrogen-bond acceptors (Lipinski definition) is 2. The highest BCUT2D eigenvalue weighted by molar-refractivity contribution is 5.78. The molecule has 0 aliphatic heterocycles. The summed E-state index contributed by atoms with van der Waals surface area (Å²) in [6, 6.07) is 1.87. The first-order chi connectivity index (χ1) is 7.77. The van der Waals surface area contributed by atoms with Gasteiger partial charge in [0.15, 0.2) is 0 Å². The topological polar surface area (TPSA) is 57.8 Å². The van der Waals surface area contributed by atoms with Gasteiger partial charge in [-0.25, -0.2) is 0 Å². The van der Waals surface area contributed by atoms with Gasteiger partial charge < -0.3 is 5.32 Å². The number of rotatable bonds is 7. The Hall–Kier alpha value is -1.32. The highest BCUT2D eigenvalue weighted by Gasteiger charge is 2.15. The minimum absolute atomic E-state index is 0.155. The highest BCUT2D eigenvalue weighted by Crippen LogP contribution is 2.12. The van der Waals surface area contributed by atoms with E-state index in [4.69, 9.17) is 0 Å². The van der Waals surface area contributed by atoms with Gasteiger partial charge in [-0.1, -0.05) is 26.7 Å². The molecular weight excluding hydrogens is 202 g/mol. The van der Waals surface area contributed by atoms with Gasteiger partial charge in [0.2, 0.25) is 5.91 Å². The number of unbranched alkanes of at least 4 members (excludes halogenated alkanes) is 1. The minimum Gasteiger partial charge on any atom is -0.350 e. The smallest absolute Gasteiger partial charge is 0.223 e. The molecule has 0 aromatic carbocycles. The van der Waals surface area contributed by atoms with Crippen molar-refractivity contribution in [1.82, 2.24) is 15.5 Å². The second kappa shape index (κ2) is 7.04. The van der Waals surface area contributed by atoms with Crippen LogP contribution in [0.1, 0.15) is 45.2 Å². The van der Waals surface area contributed by atoms with E-state index >= 15 is 0 Å². The molecule has 90 valence electrons.